The lowest BCUT2D eigenvalue weighted by molar-refractivity contribution is -0.118. The highest BCUT2D eigenvalue weighted by Gasteiger charge is 2.15. The average molecular weight is 263 g/mol. The molecule has 0 unspecified atom stereocenters. The van der Waals surface area contributed by atoms with Crippen molar-refractivity contribution in [1.82, 2.24) is 10.2 Å². The highest BCUT2D eigenvalue weighted by atomic mass is 16.5. The SMILES string of the molecule is CN(C)C(=O)NCCc1ccc2c(c1)NC(=O)CO2. The number of carbonyl (C=O) groups excluding carboxylic acids is 2. The van der Waals surface area contributed by atoms with Crippen molar-refractivity contribution in [2.45, 2.75) is 6.42 Å². The van der Waals surface area contributed by atoms with Crippen LogP contribution in [0.5, 0.6) is 5.75 Å². The Hall–Kier alpha value is -2.24. The first-order valence-electron chi connectivity index (χ1n) is 6.07. The van der Waals surface area contributed by atoms with Gasteiger partial charge in [-0.2, -0.15) is 0 Å². The van der Waals surface area contributed by atoms with Crippen molar-refractivity contribution in [3.8, 4) is 5.75 Å². The van der Waals surface area contributed by atoms with Gasteiger partial charge in [0.15, 0.2) is 6.61 Å². The lowest BCUT2D eigenvalue weighted by Gasteiger charge is -2.18. The number of nitrogens with one attached hydrogen (secondary N) is 2. The molecule has 1 heterocycles. The average Bonchev–Trinajstić information content (AvgIpc) is 2.38. The summed E-state index contributed by atoms with van der Waals surface area (Å²) in [5.41, 5.74) is 1.72. The van der Waals surface area contributed by atoms with Crippen molar-refractivity contribution in [3.05, 3.63) is 23.8 Å². The molecule has 102 valence electrons. The monoisotopic (exact) mass is 263 g/mol. The second-order valence-electron chi connectivity index (χ2n) is 4.54. The van der Waals surface area contributed by atoms with E-state index in [2.05, 4.69) is 10.6 Å². The first-order valence-corrected chi connectivity index (χ1v) is 6.07. The van der Waals surface area contributed by atoms with E-state index in [0.717, 1.165) is 5.56 Å². The van der Waals surface area contributed by atoms with Crippen molar-refractivity contribution in [2.75, 3.05) is 32.6 Å². The molecule has 2 N–H and O–H groups in total. The van der Waals surface area contributed by atoms with Crippen molar-refractivity contribution in [3.63, 3.8) is 0 Å². The number of rotatable bonds is 3. The van der Waals surface area contributed by atoms with Gasteiger partial charge in [-0.1, -0.05) is 6.07 Å². The van der Waals surface area contributed by atoms with Crippen molar-refractivity contribution >= 4 is 17.6 Å². The van der Waals surface area contributed by atoms with Gasteiger partial charge in [-0.3, -0.25) is 4.79 Å². The van der Waals surface area contributed by atoms with Gasteiger partial charge in [-0.25, -0.2) is 4.79 Å². The topological polar surface area (TPSA) is 70.7 Å². The second-order valence-corrected chi connectivity index (χ2v) is 4.54. The van der Waals surface area contributed by atoms with Gasteiger partial charge in [-0.05, 0) is 24.1 Å². The molecule has 1 aliphatic rings. The van der Waals surface area contributed by atoms with Crippen LogP contribution in [0, 0.1) is 0 Å². The summed E-state index contributed by atoms with van der Waals surface area (Å²) in [6, 6.07) is 5.51. The number of fused-ring (bicyclic) bond motifs is 1. The molecule has 1 aliphatic heterocycles. The van der Waals surface area contributed by atoms with E-state index in [4.69, 9.17) is 4.74 Å². The second kappa shape index (κ2) is 5.60. The molecule has 0 radical (unpaired) electrons. The third-order valence-electron chi connectivity index (χ3n) is 2.77. The number of ether oxygens (including phenoxy) is 1. The molecule has 2 rings (SSSR count). The number of benzene rings is 1. The highest BCUT2D eigenvalue weighted by molar-refractivity contribution is 5.95. The van der Waals surface area contributed by atoms with Crippen LogP contribution in [-0.4, -0.2) is 44.1 Å². The van der Waals surface area contributed by atoms with Gasteiger partial charge in [0.25, 0.3) is 5.91 Å². The Morgan fingerprint density at radius 1 is 1.47 bits per heavy atom. The van der Waals surface area contributed by atoms with Gasteiger partial charge in [0.05, 0.1) is 5.69 Å². The zero-order chi connectivity index (χ0) is 13.8. The Bertz CT molecular complexity index is 500. The predicted molar refractivity (Wildman–Crippen MR) is 71.4 cm³/mol. The van der Waals surface area contributed by atoms with Gasteiger partial charge in [0.1, 0.15) is 5.75 Å². The Kier molecular flexibility index (Phi) is 3.89. The molecule has 0 saturated heterocycles. The lowest BCUT2D eigenvalue weighted by Crippen LogP contribution is -2.35. The van der Waals surface area contributed by atoms with E-state index in [9.17, 15) is 9.59 Å². The number of nitrogens with zero attached hydrogens (tertiary/aromatic N) is 1. The standard InChI is InChI=1S/C13H17N3O3/c1-16(2)13(18)14-6-5-9-3-4-11-10(7-9)15-12(17)8-19-11/h3-4,7H,5-6,8H2,1-2H3,(H,14,18)(H,15,17). The summed E-state index contributed by atoms with van der Waals surface area (Å²) < 4.78 is 5.28. The Labute approximate surface area is 111 Å². The molecule has 0 bridgehead atoms. The van der Waals surface area contributed by atoms with Crippen LogP contribution in [-0.2, 0) is 11.2 Å². The van der Waals surface area contributed by atoms with Crippen LogP contribution >= 0.6 is 0 Å². The summed E-state index contributed by atoms with van der Waals surface area (Å²) in [4.78, 5) is 24.1. The summed E-state index contributed by atoms with van der Waals surface area (Å²) in [6.07, 6.45) is 0.697. The summed E-state index contributed by atoms with van der Waals surface area (Å²) in [5.74, 6) is 0.534. The van der Waals surface area contributed by atoms with E-state index in [-0.39, 0.29) is 18.5 Å². The van der Waals surface area contributed by atoms with Gasteiger partial charge in [0.2, 0.25) is 0 Å². The molecule has 6 nitrogen and oxygen atoms in total. The van der Waals surface area contributed by atoms with Gasteiger partial charge < -0.3 is 20.3 Å². The molecule has 3 amide bonds. The number of anilines is 1. The van der Waals surface area contributed by atoms with Crippen LogP contribution in [0.4, 0.5) is 10.5 Å². The summed E-state index contributed by atoms with van der Waals surface area (Å²) in [6.45, 7) is 0.607. The molecule has 0 aliphatic carbocycles. The van der Waals surface area contributed by atoms with Crippen molar-refractivity contribution < 1.29 is 14.3 Å². The van der Waals surface area contributed by atoms with Crippen LogP contribution in [0.2, 0.25) is 0 Å². The maximum absolute atomic E-state index is 11.3. The van der Waals surface area contributed by atoms with Gasteiger partial charge in [-0.15, -0.1) is 0 Å². The molecule has 0 spiro atoms. The van der Waals surface area contributed by atoms with Crippen LogP contribution in [0.25, 0.3) is 0 Å². The minimum absolute atomic E-state index is 0.0608. The van der Waals surface area contributed by atoms with E-state index in [1.165, 1.54) is 4.90 Å². The number of carbonyl (C=O) groups is 2. The maximum Gasteiger partial charge on any atom is 0.316 e. The van der Waals surface area contributed by atoms with E-state index in [0.29, 0.717) is 24.4 Å². The Morgan fingerprint density at radius 2 is 2.26 bits per heavy atom. The predicted octanol–water partition coefficient (Wildman–Crippen LogP) is 0.831. The van der Waals surface area contributed by atoms with E-state index in [1.807, 2.05) is 18.2 Å². The Morgan fingerprint density at radius 3 is 3.00 bits per heavy atom. The molecule has 6 heteroatoms. The van der Waals surface area contributed by atoms with E-state index in [1.54, 1.807) is 14.1 Å². The fourth-order valence-electron chi connectivity index (χ4n) is 1.76. The molecular weight excluding hydrogens is 246 g/mol. The number of amides is 3. The number of urea groups is 1. The molecule has 0 fully saturated rings. The van der Waals surface area contributed by atoms with E-state index >= 15 is 0 Å². The van der Waals surface area contributed by atoms with Crippen molar-refractivity contribution in [1.29, 1.82) is 0 Å². The zero-order valence-electron chi connectivity index (χ0n) is 11.0. The third-order valence-corrected chi connectivity index (χ3v) is 2.77. The van der Waals surface area contributed by atoms with E-state index < -0.39 is 0 Å². The first-order chi connectivity index (χ1) is 9.06. The molecule has 19 heavy (non-hydrogen) atoms. The highest BCUT2D eigenvalue weighted by Crippen LogP contribution is 2.28. The molecule has 0 saturated carbocycles. The smallest absolute Gasteiger partial charge is 0.316 e. The molecule has 1 aromatic carbocycles. The maximum atomic E-state index is 11.3. The van der Waals surface area contributed by atoms with Crippen LogP contribution in [0.3, 0.4) is 0 Å². The first kappa shape index (κ1) is 13.2. The minimum atomic E-state index is -0.148. The molecule has 0 atom stereocenters. The van der Waals surface area contributed by atoms with Crippen LogP contribution < -0.4 is 15.4 Å². The lowest BCUT2D eigenvalue weighted by atomic mass is 10.1. The minimum Gasteiger partial charge on any atom is -0.482 e. The number of hydrogen-bond acceptors (Lipinski definition) is 3. The van der Waals surface area contributed by atoms with Gasteiger partial charge in [0, 0.05) is 20.6 Å². The summed E-state index contributed by atoms with van der Waals surface area (Å²) in [5, 5.41) is 5.55. The summed E-state index contributed by atoms with van der Waals surface area (Å²) in [7, 11) is 3.39. The Balaban J connectivity index is 1.93. The quantitative estimate of drug-likeness (QED) is 0.848. The fraction of sp³-hybridized carbons (Fsp3) is 0.385. The third kappa shape index (κ3) is 3.37. The largest absolute Gasteiger partial charge is 0.482 e. The molecule has 1 aromatic rings. The van der Waals surface area contributed by atoms with Crippen LogP contribution in [0.1, 0.15) is 5.56 Å². The normalized spacial score (nSPS) is 13.1. The molecule has 0 aromatic heterocycles. The summed E-state index contributed by atoms with van der Waals surface area (Å²) >= 11 is 0. The fourth-order valence-corrected chi connectivity index (χ4v) is 1.76. The zero-order valence-corrected chi connectivity index (χ0v) is 11.0. The van der Waals surface area contributed by atoms with Gasteiger partial charge >= 0.3 is 6.03 Å². The number of hydrogen-bond donors (Lipinski definition) is 2. The van der Waals surface area contributed by atoms with Crippen molar-refractivity contribution in [2.24, 2.45) is 0 Å². The van der Waals surface area contributed by atoms with Crippen LogP contribution in [0.15, 0.2) is 18.2 Å². The molecular formula is C13H17N3O3.